The molecule has 28 heavy (non-hydrogen) atoms. The Hall–Kier alpha value is -2.82. The summed E-state index contributed by atoms with van der Waals surface area (Å²) in [6.45, 7) is 1.30. The Bertz CT molecular complexity index is 891. The van der Waals surface area contributed by atoms with E-state index >= 15 is 0 Å². The van der Waals surface area contributed by atoms with Crippen LogP contribution in [0.3, 0.4) is 0 Å². The zero-order valence-electron chi connectivity index (χ0n) is 16.1. The van der Waals surface area contributed by atoms with Crippen LogP contribution in [-0.4, -0.2) is 30.0 Å². The average Bonchev–Trinajstić information content (AvgIpc) is 2.75. The monoisotopic (exact) mass is 378 g/mol. The molecule has 1 amide bonds. The number of oxime groups is 1. The van der Waals surface area contributed by atoms with Gasteiger partial charge in [-0.2, -0.15) is 0 Å². The molecule has 2 aliphatic rings. The molecule has 0 saturated carbocycles. The number of ether oxygens (including phenoxy) is 1. The van der Waals surface area contributed by atoms with E-state index in [1.54, 1.807) is 0 Å². The molecule has 1 aliphatic heterocycles. The maximum atomic E-state index is 12.7. The quantitative estimate of drug-likeness (QED) is 0.478. The fraction of sp³-hybridized carbons (Fsp3) is 0.391. The van der Waals surface area contributed by atoms with Gasteiger partial charge in [0.1, 0.15) is 5.75 Å². The second-order valence-electron chi connectivity index (χ2n) is 7.41. The smallest absolute Gasteiger partial charge is 0.227 e. The molecule has 0 saturated heterocycles. The number of carbonyl (C=O) groups excluding carboxylic acids is 1. The van der Waals surface area contributed by atoms with E-state index in [9.17, 15) is 10.0 Å². The summed E-state index contributed by atoms with van der Waals surface area (Å²) in [5.74, 6) is 1.01. The van der Waals surface area contributed by atoms with Crippen molar-refractivity contribution in [2.45, 2.75) is 44.9 Å². The fourth-order valence-electron chi connectivity index (χ4n) is 4.23. The molecule has 1 aliphatic carbocycles. The lowest BCUT2D eigenvalue weighted by molar-refractivity contribution is -0.118. The van der Waals surface area contributed by atoms with Crippen LogP contribution in [0.5, 0.6) is 5.75 Å². The summed E-state index contributed by atoms with van der Waals surface area (Å²) in [7, 11) is 0. The number of hydrogen-bond acceptors (Lipinski definition) is 4. The van der Waals surface area contributed by atoms with Gasteiger partial charge in [-0.05, 0) is 56.2 Å². The number of nitrogens with zero attached hydrogens (tertiary/aromatic N) is 2. The molecule has 2 aromatic rings. The molecule has 5 heteroatoms. The maximum absolute atomic E-state index is 12.7. The third-order valence-corrected chi connectivity index (χ3v) is 5.61. The summed E-state index contributed by atoms with van der Waals surface area (Å²) >= 11 is 0. The van der Waals surface area contributed by atoms with E-state index in [0.717, 1.165) is 66.9 Å². The Kier molecular flexibility index (Phi) is 5.60. The number of para-hydroxylation sites is 1. The van der Waals surface area contributed by atoms with E-state index in [2.05, 4.69) is 11.2 Å². The third-order valence-electron chi connectivity index (χ3n) is 5.61. The highest BCUT2D eigenvalue weighted by Gasteiger charge is 2.22. The Morgan fingerprint density at radius 3 is 2.86 bits per heavy atom. The summed E-state index contributed by atoms with van der Waals surface area (Å²) in [6.07, 6.45) is 5.90. The van der Waals surface area contributed by atoms with Crippen molar-refractivity contribution in [3.63, 3.8) is 0 Å². The van der Waals surface area contributed by atoms with Gasteiger partial charge < -0.3 is 14.8 Å². The van der Waals surface area contributed by atoms with Crippen molar-refractivity contribution in [1.82, 2.24) is 0 Å². The molecule has 0 fully saturated rings. The molecular weight excluding hydrogens is 352 g/mol. The Morgan fingerprint density at radius 2 is 1.96 bits per heavy atom. The molecule has 4 rings (SSSR count). The molecule has 1 N–H and O–H groups in total. The first kappa shape index (κ1) is 18.5. The van der Waals surface area contributed by atoms with E-state index in [1.807, 2.05) is 41.3 Å². The molecular formula is C23H26N2O3. The second kappa shape index (κ2) is 8.46. The van der Waals surface area contributed by atoms with Crippen molar-refractivity contribution in [1.29, 1.82) is 0 Å². The summed E-state index contributed by atoms with van der Waals surface area (Å²) in [5.41, 5.74) is 5.14. The third kappa shape index (κ3) is 3.75. The van der Waals surface area contributed by atoms with Gasteiger partial charge in [0, 0.05) is 29.8 Å². The highest BCUT2D eigenvalue weighted by Crippen LogP contribution is 2.30. The van der Waals surface area contributed by atoms with Crippen LogP contribution in [0.25, 0.3) is 0 Å². The molecule has 0 spiro atoms. The van der Waals surface area contributed by atoms with E-state index in [1.165, 1.54) is 5.56 Å². The minimum absolute atomic E-state index is 0.167. The zero-order chi connectivity index (χ0) is 19.3. The molecule has 0 aromatic heterocycles. The van der Waals surface area contributed by atoms with Crippen LogP contribution in [0.4, 0.5) is 5.69 Å². The lowest BCUT2D eigenvalue weighted by Gasteiger charge is -2.29. The molecule has 146 valence electrons. The van der Waals surface area contributed by atoms with Gasteiger partial charge >= 0.3 is 0 Å². The predicted octanol–water partition coefficient (Wildman–Crippen LogP) is 4.34. The van der Waals surface area contributed by atoms with Gasteiger partial charge in [0.05, 0.1) is 12.3 Å². The number of amides is 1. The van der Waals surface area contributed by atoms with Crippen LogP contribution in [0, 0.1) is 0 Å². The van der Waals surface area contributed by atoms with Gasteiger partial charge in [-0.1, -0.05) is 35.5 Å². The molecule has 0 atom stereocenters. The van der Waals surface area contributed by atoms with Crippen LogP contribution < -0.4 is 9.64 Å². The topological polar surface area (TPSA) is 62.1 Å². The van der Waals surface area contributed by atoms with E-state index in [0.29, 0.717) is 19.4 Å². The van der Waals surface area contributed by atoms with Gasteiger partial charge in [-0.15, -0.1) is 0 Å². The first-order chi connectivity index (χ1) is 13.8. The first-order valence-electron chi connectivity index (χ1n) is 10.1. The van der Waals surface area contributed by atoms with Gasteiger partial charge in [0.15, 0.2) is 0 Å². The fourth-order valence-corrected chi connectivity index (χ4v) is 4.23. The van der Waals surface area contributed by atoms with Crippen LogP contribution in [-0.2, 0) is 17.6 Å². The number of rotatable bonds is 5. The normalized spacial score (nSPS) is 17.1. The minimum Gasteiger partial charge on any atom is -0.493 e. The summed E-state index contributed by atoms with van der Waals surface area (Å²) in [4.78, 5) is 14.6. The largest absolute Gasteiger partial charge is 0.493 e. The van der Waals surface area contributed by atoms with Crippen LogP contribution in [0.15, 0.2) is 47.6 Å². The van der Waals surface area contributed by atoms with Gasteiger partial charge in [-0.3, -0.25) is 4.79 Å². The maximum Gasteiger partial charge on any atom is 0.227 e. The lowest BCUT2D eigenvalue weighted by Crippen LogP contribution is -2.35. The van der Waals surface area contributed by atoms with E-state index < -0.39 is 0 Å². The average molecular weight is 378 g/mol. The van der Waals surface area contributed by atoms with Crippen molar-refractivity contribution in [3.05, 3.63) is 59.2 Å². The molecule has 0 bridgehead atoms. The predicted molar refractivity (Wildman–Crippen MR) is 110 cm³/mol. The summed E-state index contributed by atoms with van der Waals surface area (Å²) in [5, 5.41) is 12.6. The number of benzene rings is 2. The van der Waals surface area contributed by atoms with Crippen molar-refractivity contribution in [2.24, 2.45) is 5.16 Å². The zero-order valence-corrected chi connectivity index (χ0v) is 16.1. The second-order valence-corrected chi connectivity index (χ2v) is 7.41. The van der Waals surface area contributed by atoms with Crippen molar-refractivity contribution in [2.75, 3.05) is 18.1 Å². The van der Waals surface area contributed by atoms with Crippen LogP contribution in [0.2, 0.25) is 0 Å². The van der Waals surface area contributed by atoms with Gasteiger partial charge in [0.25, 0.3) is 0 Å². The highest BCUT2D eigenvalue weighted by atomic mass is 16.5. The first-order valence-corrected chi connectivity index (χ1v) is 10.1. The number of aryl methyl sites for hydroxylation is 1. The molecule has 1 heterocycles. The van der Waals surface area contributed by atoms with Gasteiger partial charge in [-0.25, -0.2) is 0 Å². The van der Waals surface area contributed by atoms with Crippen molar-refractivity contribution >= 4 is 17.3 Å². The van der Waals surface area contributed by atoms with Crippen LogP contribution >= 0.6 is 0 Å². The van der Waals surface area contributed by atoms with Crippen molar-refractivity contribution < 1.29 is 14.7 Å². The lowest BCUT2D eigenvalue weighted by atomic mass is 9.89. The summed E-state index contributed by atoms with van der Waals surface area (Å²) < 4.78 is 6.00. The number of fused-ring (bicyclic) bond motifs is 2. The number of anilines is 1. The Labute approximate surface area is 165 Å². The Morgan fingerprint density at radius 1 is 1.07 bits per heavy atom. The van der Waals surface area contributed by atoms with E-state index in [4.69, 9.17) is 4.74 Å². The molecule has 0 unspecified atom stereocenters. The molecule has 5 nitrogen and oxygen atoms in total. The summed E-state index contributed by atoms with van der Waals surface area (Å²) in [6, 6.07) is 14.1. The minimum atomic E-state index is 0.167. The standard InChI is InChI=1S/C23H26N2O3/c26-23(25-15-5-8-17-7-1-2-12-21(17)25)14-6-16-28-22-13-4-9-18-19(22)10-3-11-20(18)24-27/h1-2,4,7,9,12-13,27H,3,5-6,8,10-11,14-16H2/b24-20+. The SMILES string of the molecule is O=C(CCCOc1cccc2c1CCC/C2=N\O)N1CCCc2ccccc21. The molecule has 0 radical (unpaired) electrons. The van der Waals surface area contributed by atoms with Crippen molar-refractivity contribution in [3.8, 4) is 5.75 Å². The van der Waals surface area contributed by atoms with Crippen LogP contribution in [0.1, 0.15) is 48.8 Å². The van der Waals surface area contributed by atoms with Gasteiger partial charge in [0.2, 0.25) is 5.91 Å². The van der Waals surface area contributed by atoms with E-state index in [-0.39, 0.29) is 5.91 Å². The number of hydrogen-bond donors (Lipinski definition) is 1. The Balaban J connectivity index is 1.34. The molecule has 2 aromatic carbocycles. The number of carbonyl (C=O) groups is 1. The highest BCUT2D eigenvalue weighted by molar-refractivity contribution is 6.02.